The van der Waals surface area contributed by atoms with Crippen LogP contribution >= 0.6 is 0 Å². The Morgan fingerprint density at radius 1 is 1.07 bits per heavy atom. The minimum absolute atomic E-state index is 0.111. The molecule has 2 aromatic carbocycles. The van der Waals surface area contributed by atoms with E-state index in [1.54, 1.807) is 32.4 Å². The van der Waals surface area contributed by atoms with Gasteiger partial charge in [0.1, 0.15) is 5.82 Å². The lowest BCUT2D eigenvalue weighted by Gasteiger charge is -2.34. The van der Waals surface area contributed by atoms with Crippen molar-refractivity contribution in [3.05, 3.63) is 48.3 Å². The van der Waals surface area contributed by atoms with Crippen LogP contribution in [0, 0.1) is 0 Å². The van der Waals surface area contributed by atoms with Crippen LogP contribution in [-0.4, -0.2) is 66.2 Å². The van der Waals surface area contributed by atoms with Crippen LogP contribution in [-0.2, 0) is 6.54 Å². The number of methoxy groups -OCH3 is 2. The molecule has 0 radical (unpaired) electrons. The first-order valence-corrected chi connectivity index (χ1v) is 9.60. The number of rotatable bonds is 5. The highest BCUT2D eigenvalue weighted by Crippen LogP contribution is 2.29. The van der Waals surface area contributed by atoms with Crippen molar-refractivity contribution in [3.63, 3.8) is 0 Å². The molecule has 2 N–H and O–H groups in total. The fourth-order valence-corrected chi connectivity index (χ4v) is 3.52. The summed E-state index contributed by atoms with van der Waals surface area (Å²) >= 11 is 0. The summed E-state index contributed by atoms with van der Waals surface area (Å²) in [5.41, 5.74) is 2.71. The number of nitrogens with zero attached hydrogens (tertiary/aromatic N) is 3. The van der Waals surface area contributed by atoms with Crippen LogP contribution in [0.3, 0.4) is 0 Å². The molecule has 0 spiro atoms. The number of imidazole rings is 1. The van der Waals surface area contributed by atoms with Gasteiger partial charge in [-0.3, -0.25) is 4.90 Å². The lowest BCUT2D eigenvalue weighted by atomic mass is 10.2. The van der Waals surface area contributed by atoms with E-state index in [9.17, 15) is 4.79 Å². The molecule has 1 aromatic heterocycles. The lowest BCUT2D eigenvalue weighted by molar-refractivity contribution is 0.141. The van der Waals surface area contributed by atoms with Gasteiger partial charge in [-0.1, -0.05) is 12.1 Å². The zero-order valence-electron chi connectivity index (χ0n) is 16.6. The van der Waals surface area contributed by atoms with Gasteiger partial charge in [0.2, 0.25) is 0 Å². The molecule has 2 heterocycles. The van der Waals surface area contributed by atoms with Crippen molar-refractivity contribution in [1.29, 1.82) is 0 Å². The molecule has 29 heavy (non-hydrogen) atoms. The minimum Gasteiger partial charge on any atom is -0.493 e. The van der Waals surface area contributed by atoms with E-state index in [4.69, 9.17) is 9.47 Å². The summed E-state index contributed by atoms with van der Waals surface area (Å²) < 4.78 is 10.5. The molecule has 4 rings (SSSR count). The number of hydrogen-bond donors (Lipinski definition) is 2. The van der Waals surface area contributed by atoms with E-state index in [0.717, 1.165) is 36.5 Å². The number of piperazine rings is 1. The third-order valence-corrected chi connectivity index (χ3v) is 5.11. The Kier molecular flexibility index (Phi) is 5.53. The Balaban J connectivity index is 1.31. The number of carbonyl (C=O) groups is 1. The van der Waals surface area contributed by atoms with Gasteiger partial charge in [0.25, 0.3) is 0 Å². The number of H-pyrrole nitrogens is 1. The number of ether oxygens (including phenoxy) is 2. The Morgan fingerprint density at radius 3 is 2.55 bits per heavy atom. The maximum Gasteiger partial charge on any atom is 0.321 e. The molecule has 1 aliphatic heterocycles. The van der Waals surface area contributed by atoms with E-state index >= 15 is 0 Å². The van der Waals surface area contributed by atoms with Gasteiger partial charge in [-0.15, -0.1) is 0 Å². The van der Waals surface area contributed by atoms with Gasteiger partial charge < -0.3 is 24.7 Å². The van der Waals surface area contributed by atoms with Gasteiger partial charge in [0.05, 0.1) is 31.8 Å². The quantitative estimate of drug-likeness (QED) is 0.694. The summed E-state index contributed by atoms with van der Waals surface area (Å²) in [6.07, 6.45) is 0. The highest BCUT2D eigenvalue weighted by atomic mass is 16.5. The fraction of sp³-hybridized carbons (Fsp3) is 0.333. The molecule has 1 aliphatic rings. The van der Waals surface area contributed by atoms with Gasteiger partial charge in [0.15, 0.2) is 11.5 Å². The minimum atomic E-state index is -0.111. The zero-order chi connectivity index (χ0) is 20.2. The van der Waals surface area contributed by atoms with Crippen LogP contribution in [0.5, 0.6) is 11.5 Å². The Morgan fingerprint density at radius 2 is 1.83 bits per heavy atom. The Bertz CT molecular complexity index is 962. The molecule has 2 amide bonds. The second-order valence-corrected chi connectivity index (χ2v) is 6.96. The summed E-state index contributed by atoms with van der Waals surface area (Å²) in [6, 6.07) is 13.3. The van der Waals surface area contributed by atoms with Crippen molar-refractivity contribution in [2.45, 2.75) is 6.54 Å². The third kappa shape index (κ3) is 4.27. The monoisotopic (exact) mass is 395 g/mol. The average molecular weight is 395 g/mol. The molecule has 0 aliphatic carbocycles. The summed E-state index contributed by atoms with van der Waals surface area (Å²) in [5.74, 6) is 2.17. The second kappa shape index (κ2) is 8.40. The number of urea groups is 1. The van der Waals surface area contributed by atoms with E-state index < -0.39 is 0 Å². The number of hydrogen-bond acceptors (Lipinski definition) is 5. The molecule has 1 fully saturated rings. The van der Waals surface area contributed by atoms with Crippen LogP contribution in [0.25, 0.3) is 11.0 Å². The van der Waals surface area contributed by atoms with Crippen molar-refractivity contribution in [3.8, 4) is 11.5 Å². The first kappa shape index (κ1) is 19.1. The summed E-state index contributed by atoms with van der Waals surface area (Å²) in [5, 5.41) is 2.93. The van der Waals surface area contributed by atoms with E-state index in [0.29, 0.717) is 30.3 Å². The molecule has 1 saturated heterocycles. The standard InChI is InChI=1S/C21H25N5O3/c1-28-18-8-7-15(13-19(18)29-2)22-21(27)26-11-9-25(10-12-26)14-20-23-16-5-3-4-6-17(16)24-20/h3-8,13H,9-12,14H2,1-2H3,(H,22,27)(H,23,24). The SMILES string of the molecule is COc1ccc(NC(=O)N2CCN(Cc3nc4ccccc4[nH]3)CC2)cc1OC. The molecule has 0 unspecified atom stereocenters. The predicted molar refractivity (Wildman–Crippen MR) is 112 cm³/mol. The van der Waals surface area contributed by atoms with Crippen molar-refractivity contribution in [2.24, 2.45) is 0 Å². The number of para-hydroxylation sites is 2. The molecular weight excluding hydrogens is 370 g/mol. The number of nitrogens with one attached hydrogen (secondary N) is 2. The Hall–Kier alpha value is -3.26. The molecular formula is C21H25N5O3. The van der Waals surface area contributed by atoms with Gasteiger partial charge in [-0.2, -0.15) is 0 Å². The number of amides is 2. The molecule has 152 valence electrons. The van der Waals surface area contributed by atoms with Crippen molar-refractivity contribution < 1.29 is 14.3 Å². The smallest absolute Gasteiger partial charge is 0.321 e. The Labute approximate surface area is 169 Å². The van der Waals surface area contributed by atoms with Crippen LogP contribution < -0.4 is 14.8 Å². The van der Waals surface area contributed by atoms with E-state index in [1.807, 2.05) is 29.2 Å². The van der Waals surface area contributed by atoms with Crippen molar-refractivity contribution in [1.82, 2.24) is 19.8 Å². The largest absolute Gasteiger partial charge is 0.493 e. The van der Waals surface area contributed by atoms with Crippen LogP contribution in [0.1, 0.15) is 5.82 Å². The summed E-state index contributed by atoms with van der Waals surface area (Å²) in [6.45, 7) is 3.69. The maximum absolute atomic E-state index is 12.6. The van der Waals surface area contributed by atoms with Gasteiger partial charge in [-0.05, 0) is 24.3 Å². The second-order valence-electron chi connectivity index (χ2n) is 6.96. The van der Waals surface area contributed by atoms with Crippen LogP contribution in [0.4, 0.5) is 10.5 Å². The summed E-state index contributed by atoms with van der Waals surface area (Å²) in [4.78, 5) is 24.7. The van der Waals surface area contributed by atoms with Gasteiger partial charge in [0, 0.05) is 37.9 Å². The first-order chi connectivity index (χ1) is 14.2. The zero-order valence-corrected chi connectivity index (χ0v) is 16.6. The molecule has 8 heteroatoms. The van der Waals surface area contributed by atoms with Gasteiger partial charge in [-0.25, -0.2) is 9.78 Å². The predicted octanol–water partition coefficient (Wildman–Crippen LogP) is 2.93. The molecule has 0 saturated carbocycles. The summed E-state index contributed by atoms with van der Waals surface area (Å²) in [7, 11) is 3.16. The highest BCUT2D eigenvalue weighted by molar-refractivity contribution is 5.89. The number of fused-ring (bicyclic) bond motifs is 1. The first-order valence-electron chi connectivity index (χ1n) is 9.60. The molecule has 8 nitrogen and oxygen atoms in total. The number of aromatic nitrogens is 2. The van der Waals surface area contributed by atoms with Crippen molar-refractivity contribution in [2.75, 3.05) is 45.7 Å². The molecule has 3 aromatic rings. The van der Waals surface area contributed by atoms with E-state index in [2.05, 4.69) is 20.2 Å². The molecule has 0 atom stereocenters. The normalized spacial score (nSPS) is 14.8. The van der Waals surface area contributed by atoms with E-state index in [1.165, 1.54) is 0 Å². The van der Waals surface area contributed by atoms with Gasteiger partial charge >= 0.3 is 6.03 Å². The average Bonchev–Trinajstić information content (AvgIpc) is 3.16. The highest BCUT2D eigenvalue weighted by Gasteiger charge is 2.22. The van der Waals surface area contributed by atoms with Crippen molar-refractivity contribution >= 4 is 22.8 Å². The maximum atomic E-state index is 12.6. The number of carbonyl (C=O) groups excluding carboxylic acids is 1. The third-order valence-electron chi connectivity index (χ3n) is 5.11. The molecule has 0 bridgehead atoms. The number of aromatic amines is 1. The fourth-order valence-electron chi connectivity index (χ4n) is 3.52. The number of benzene rings is 2. The van der Waals surface area contributed by atoms with Crippen LogP contribution in [0.2, 0.25) is 0 Å². The topological polar surface area (TPSA) is 82.7 Å². The van der Waals surface area contributed by atoms with E-state index in [-0.39, 0.29) is 6.03 Å². The lowest BCUT2D eigenvalue weighted by Crippen LogP contribution is -2.49. The number of anilines is 1. The van der Waals surface area contributed by atoms with Crippen LogP contribution in [0.15, 0.2) is 42.5 Å².